The van der Waals surface area contributed by atoms with Gasteiger partial charge in [0.2, 0.25) is 0 Å². The van der Waals surface area contributed by atoms with Crippen molar-refractivity contribution in [3.8, 4) is 6.07 Å². The first-order valence-electron chi connectivity index (χ1n) is 17.9. The summed E-state index contributed by atoms with van der Waals surface area (Å²) in [6.07, 6.45) is 10.8. The third kappa shape index (κ3) is 12.2. The Kier molecular flexibility index (Phi) is 16.1. The summed E-state index contributed by atoms with van der Waals surface area (Å²) in [6.45, 7) is 7.64. The molecule has 0 amide bonds. The number of hydrogen-bond acceptors (Lipinski definition) is 12. The minimum Gasteiger partial charge on any atom is -0.447 e. The number of phosphoric ester groups is 1. The highest BCUT2D eigenvalue weighted by molar-refractivity contribution is 8.00. The summed E-state index contributed by atoms with van der Waals surface area (Å²) in [4.78, 5) is 18.3. The molecule has 0 bridgehead atoms. The van der Waals surface area contributed by atoms with Gasteiger partial charge >= 0.3 is 13.8 Å². The number of nitriles is 1. The number of carbonyl (C=O) groups excluding carboxylic acids is 1. The molecule has 2 heterocycles. The smallest absolute Gasteiger partial charge is 0.447 e. The van der Waals surface area contributed by atoms with Crippen LogP contribution in [-0.4, -0.2) is 64.0 Å². The summed E-state index contributed by atoms with van der Waals surface area (Å²) in [7, 11) is -4.23. The summed E-state index contributed by atoms with van der Waals surface area (Å²) in [5.41, 5.74) is -2.05. The molecule has 4 aromatic rings. The van der Waals surface area contributed by atoms with Gasteiger partial charge in [-0.2, -0.15) is 10.4 Å². The standard InChI is InChI=1S/C41H39F4N4O8PS/c1-4-16-54-58(51,55-17-5-2)56-22-31-12-13-32(42)19-35(31)40(50)57-41(25-49-27-47-26-48-49,36-15-14-33(43)20-38(36)45)28(3)59-34-23-52-39(53-24-34)9-7-6-8-30-11-10-29(21-46)18-37(30)44/h4-15,18-20,26-28,34,39H,1-2,16-17,22-25H2,3H3/t28-,34-,39-,41-/m1/s1. The molecule has 12 nitrogen and oxygen atoms in total. The maximum atomic E-state index is 16.0. The topological polar surface area (TPSA) is 144 Å². The van der Waals surface area contributed by atoms with E-state index < -0.39 is 66.1 Å². The van der Waals surface area contributed by atoms with Crippen LogP contribution in [0.25, 0.3) is 6.08 Å². The quantitative estimate of drug-likeness (QED) is 0.0276. The van der Waals surface area contributed by atoms with Crippen LogP contribution in [-0.2, 0) is 51.1 Å². The lowest BCUT2D eigenvalue weighted by Crippen LogP contribution is -2.47. The number of ether oxygens (including phenoxy) is 3. The van der Waals surface area contributed by atoms with Gasteiger partial charge in [0, 0.05) is 22.4 Å². The van der Waals surface area contributed by atoms with Crippen molar-refractivity contribution in [1.82, 2.24) is 14.8 Å². The highest BCUT2D eigenvalue weighted by Gasteiger charge is 2.47. The third-order valence-electron chi connectivity index (χ3n) is 8.63. The van der Waals surface area contributed by atoms with Crippen molar-refractivity contribution in [2.24, 2.45) is 0 Å². The Hall–Kier alpha value is -5.18. The van der Waals surface area contributed by atoms with Gasteiger partial charge in [-0.25, -0.2) is 36.6 Å². The SMILES string of the molecule is C=CCOP(=O)(OCC=C)OCc1ccc(F)cc1C(=O)O[C@@](Cn1cncn1)(c1ccc(F)cc1F)[C@@H](C)S[C@H]1CO[C@H](C=CC=Cc2ccc(C#N)cc2F)OC1. The Morgan fingerprint density at radius 2 is 1.73 bits per heavy atom. The van der Waals surface area contributed by atoms with Crippen LogP contribution in [0.1, 0.15) is 39.5 Å². The first-order valence-corrected chi connectivity index (χ1v) is 20.3. The van der Waals surface area contributed by atoms with Crippen LogP contribution in [0.3, 0.4) is 0 Å². The van der Waals surface area contributed by atoms with Crippen molar-refractivity contribution in [3.05, 3.63) is 162 Å². The number of phosphoric acid groups is 1. The highest BCUT2D eigenvalue weighted by atomic mass is 32.2. The number of rotatable bonds is 20. The van der Waals surface area contributed by atoms with Crippen molar-refractivity contribution in [2.75, 3.05) is 26.4 Å². The van der Waals surface area contributed by atoms with Crippen molar-refractivity contribution >= 4 is 31.6 Å². The van der Waals surface area contributed by atoms with Crippen LogP contribution in [0.2, 0.25) is 0 Å². The molecule has 1 aromatic heterocycles. The van der Waals surface area contributed by atoms with Crippen molar-refractivity contribution in [2.45, 2.75) is 42.5 Å². The van der Waals surface area contributed by atoms with E-state index in [9.17, 15) is 22.5 Å². The molecule has 0 saturated carbocycles. The lowest BCUT2D eigenvalue weighted by molar-refractivity contribution is -0.146. The molecule has 0 aliphatic carbocycles. The highest BCUT2D eigenvalue weighted by Crippen LogP contribution is 2.50. The number of hydrogen-bond donors (Lipinski definition) is 0. The zero-order chi connectivity index (χ0) is 42.4. The van der Waals surface area contributed by atoms with Crippen LogP contribution in [0.15, 0.2) is 111 Å². The van der Waals surface area contributed by atoms with E-state index in [-0.39, 0.29) is 60.8 Å². The van der Waals surface area contributed by atoms with Crippen LogP contribution in [0.4, 0.5) is 17.6 Å². The summed E-state index contributed by atoms with van der Waals surface area (Å²) in [6, 6.07) is 12.0. The van der Waals surface area contributed by atoms with Crippen LogP contribution in [0, 0.1) is 34.6 Å². The number of halogens is 4. The number of benzene rings is 3. The average Bonchev–Trinajstić information content (AvgIpc) is 3.74. The molecule has 1 aliphatic rings. The molecule has 1 fully saturated rings. The zero-order valence-corrected chi connectivity index (χ0v) is 33.3. The second kappa shape index (κ2) is 21.2. The molecular weight excluding hydrogens is 816 g/mol. The van der Waals surface area contributed by atoms with Gasteiger partial charge in [-0.1, -0.05) is 42.5 Å². The summed E-state index contributed by atoms with van der Waals surface area (Å²) in [5.74, 6) is -4.43. The van der Waals surface area contributed by atoms with Crippen molar-refractivity contribution in [3.63, 3.8) is 0 Å². The maximum Gasteiger partial charge on any atom is 0.475 e. The fourth-order valence-corrected chi connectivity index (χ4v) is 8.22. The van der Waals surface area contributed by atoms with E-state index in [4.69, 9.17) is 33.0 Å². The molecule has 5 rings (SSSR count). The van der Waals surface area contributed by atoms with Gasteiger partial charge in [0.15, 0.2) is 11.9 Å². The Bertz CT molecular complexity index is 2230. The third-order valence-corrected chi connectivity index (χ3v) is 11.4. The molecule has 3 aromatic carbocycles. The molecule has 0 radical (unpaired) electrons. The van der Waals surface area contributed by atoms with E-state index in [0.717, 1.165) is 30.3 Å². The van der Waals surface area contributed by atoms with Gasteiger partial charge in [-0.15, -0.1) is 24.9 Å². The minimum atomic E-state index is -4.23. The van der Waals surface area contributed by atoms with Gasteiger partial charge in [0.05, 0.1) is 62.0 Å². The first-order chi connectivity index (χ1) is 28.4. The number of thioether (sulfide) groups is 1. The van der Waals surface area contributed by atoms with E-state index in [1.165, 1.54) is 65.5 Å². The van der Waals surface area contributed by atoms with E-state index in [0.29, 0.717) is 6.07 Å². The molecule has 0 unspecified atom stereocenters. The van der Waals surface area contributed by atoms with Gasteiger partial charge in [-0.3, -0.25) is 13.6 Å². The molecular formula is C41H39F4N4O8PS. The Morgan fingerprint density at radius 1 is 1.02 bits per heavy atom. The number of esters is 1. The van der Waals surface area contributed by atoms with E-state index >= 15 is 4.39 Å². The van der Waals surface area contributed by atoms with Gasteiger partial charge in [0.25, 0.3) is 0 Å². The molecule has 18 heteroatoms. The normalized spacial score (nSPS) is 17.4. The summed E-state index contributed by atoms with van der Waals surface area (Å²) >= 11 is 1.23. The van der Waals surface area contributed by atoms with E-state index in [1.54, 1.807) is 25.2 Å². The number of aromatic nitrogens is 3. The predicted octanol–water partition coefficient (Wildman–Crippen LogP) is 8.62. The van der Waals surface area contributed by atoms with Gasteiger partial charge < -0.3 is 14.2 Å². The molecule has 310 valence electrons. The molecule has 0 N–H and O–H groups in total. The van der Waals surface area contributed by atoms with Crippen LogP contribution >= 0.6 is 19.6 Å². The molecule has 2 atom stereocenters. The number of allylic oxidation sites excluding steroid dienone is 2. The fourth-order valence-electron chi connectivity index (χ4n) is 5.76. The number of carbonyl (C=O) groups is 1. The second-order valence-corrected chi connectivity index (χ2v) is 16.0. The predicted molar refractivity (Wildman–Crippen MR) is 210 cm³/mol. The lowest BCUT2D eigenvalue weighted by atomic mass is 9.89. The minimum absolute atomic E-state index is 0.0145. The Balaban J connectivity index is 1.40. The second-order valence-electron chi connectivity index (χ2n) is 12.7. The summed E-state index contributed by atoms with van der Waals surface area (Å²) < 4.78 is 108. The largest absolute Gasteiger partial charge is 0.475 e. The molecule has 1 aliphatic heterocycles. The zero-order valence-electron chi connectivity index (χ0n) is 31.6. The van der Waals surface area contributed by atoms with Crippen molar-refractivity contribution < 1.29 is 54.7 Å². The first kappa shape index (κ1) is 44.9. The monoisotopic (exact) mass is 854 g/mol. The lowest BCUT2D eigenvalue weighted by Gasteiger charge is -2.40. The van der Waals surface area contributed by atoms with Crippen LogP contribution < -0.4 is 0 Å². The molecule has 0 spiro atoms. The van der Waals surface area contributed by atoms with E-state index in [1.807, 2.05) is 6.07 Å². The Labute approximate surface area is 342 Å². The van der Waals surface area contributed by atoms with Gasteiger partial charge in [-0.05, 0) is 55.0 Å². The van der Waals surface area contributed by atoms with Crippen LogP contribution in [0.5, 0.6) is 0 Å². The molecule has 59 heavy (non-hydrogen) atoms. The average molecular weight is 855 g/mol. The van der Waals surface area contributed by atoms with Gasteiger partial charge in [0.1, 0.15) is 35.9 Å². The maximum absolute atomic E-state index is 16.0. The van der Waals surface area contributed by atoms with E-state index in [2.05, 4.69) is 23.2 Å². The molecule has 1 saturated heterocycles. The summed E-state index contributed by atoms with van der Waals surface area (Å²) in [5, 5.41) is 11.8. The fraction of sp³-hybridized carbons (Fsp3) is 0.268. The van der Waals surface area contributed by atoms with Crippen molar-refractivity contribution in [1.29, 1.82) is 5.26 Å². The number of nitrogens with zero attached hydrogens (tertiary/aromatic N) is 4. The Morgan fingerprint density at radius 3 is 2.37 bits per heavy atom.